The summed E-state index contributed by atoms with van der Waals surface area (Å²) >= 11 is 0. The lowest BCUT2D eigenvalue weighted by Crippen LogP contribution is -2.15. The van der Waals surface area contributed by atoms with E-state index in [0.29, 0.717) is 45.1 Å². The largest absolute Gasteiger partial charge is 0.393 e. The number of nitrogens with one attached hydrogen (secondary N) is 1. The molecular formula is C23H20FN9O. The van der Waals surface area contributed by atoms with Gasteiger partial charge in [-0.2, -0.15) is 4.98 Å². The molecule has 0 aliphatic heterocycles. The van der Waals surface area contributed by atoms with Crippen molar-refractivity contribution in [3.05, 3.63) is 66.3 Å². The third-order valence-electron chi connectivity index (χ3n) is 5.32. The molecule has 5 N–H and O–H groups in total. The number of nitrogens with zero attached hydrogens (tertiary/aromatic N) is 6. The van der Waals surface area contributed by atoms with Crippen molar-refractivity contribution in [3.8, 4) is 22.7 Å². The highest BCUT2D eigenvalue weighted by Gasteiger charge is 2.26. The molecule has 170 valence electrons. The molecule has 0 aliphatic rings. The molecular weight excluding hydrogens is 437 g/mol. The van der Waals surface area contributed by atoms with Crippen LogP contribution in [0.15, 0.2) is 53.4 Å². The highest BCUT2D eigenvalue weighted by Crippen LogP contribution is 2.41. The van der Waals surface area contributed by atoms with Crippen molar-refractivity contribution in [3.63, 3.8) is 0 Å². The predicted molar refractivity (Wildman–Crippen MR) is 126 cm³/mol. The molecule has 1 atom stereocenters. The van der Waals surface area contributed by atoms with Crippen molar-refractivity contribution in [2.75, 3.05) is 16.8 Å². The van der Waals surface area contributed by atoms with E-state index in [-0.39, 0.29) is 17.4 Å². The van der Waals surface area contributed by atoms with E-state index in [2.05, 4.69) is 30.4 Å². The standard InChI is InChI=1S/C23H20FN9O/c1-11(30-22-19(25)21(26)28-10-29-22)20-18(16-5-3-4-8-27-16)17(23-31-12(2)33-34-23)14-9-13(24)6-7-15(14)32-20/h3-11H,25H2,1-2H3,(H3,26,28,29,30). The third kappa shape index (κ3) is 3.72. The second kappa shape index (κ2) is 8.35. The quantitative estimate of drug-likeness (QED) is 0.353. The molecule has 0 saturated heterocycles. The van der Waals surface area contributed by atoms with Gasteiger partial charge in [-0.25, -0.2) is 19.3 Å². The van der Waals surface area contributed by atoms with E-state index in [1.807, 2.05) is 19.1 Å². The fourth-order valence-electron chi connectivity index (χ4n) is 3.76. The molecule has 1 unspecified atom stereocenters. The second-order valence-electron chi connectivity index (χ2n) is 7.66. The van der Waals surface area contributed by atoms with E-state index in [0.717, 1.165) is 0 Å². The van der Waals surface area contributed by atoms with Gasteiger partial charge in [0, 0.05) is 17.1 Å². The minimum absolute atomic E-state index is 0.165. The van der Waals surface area contributed by atoms with Crippen LogP contribution in [0.4, 0.5) is 21.7 Å². The number of aryl methyl sites for hydroxylation is 1. The first-order valence-corrected chi connectivity index (χ1v) is 10.4. The summed E-state index contributed by atoms with van der Waals surface area (Å²) in [4.78, 5) is 21.9. The Morgan fingerprint density at radius 3 is 2.62 bits per heavy atom. The molecule has 10 nitrogen and oxygen atoms in total. The normalized spacial score (nSPS) is 12.1. The number of aromatic nitrogens is 6. The maximum Gasteiger partial charge on any atom is 0.259 e. The van der Waals surface area contributed by atoms with Gasteiger partial charge in [0.15, 0.2) is 17.5 Å². The Kier molecular flexibility index (Phi) is 5.21. The number of rotatable bonds is 5. The molecule has 1 aromatic carbocycles. The number of benzene rings is 1. The molecule has 5 aromatic rings. The smallest absolute Gasteiger partial charge is 0.259 e. The monoisotopic (exact) mass is 457 g/mol. The lowest BCUT2D eigenvalue weighted by atomic mass is 9.94. The second-order valence-corrected chi connectivity index (χ2v) is 7.66. The van der Waals surface area contributed by atoms with Gasteiger partial charge >= 0.3 is 0 Å². The number of pyridine rings is 2. The fourth-order valence-corrected chi connectivity index (χ4v) is 3.76. The summed E-state index contributed by atoms with van der Waals surface area (Å²) in [6.07, 6.45) is 2.99. The average Bonchev–Trinajstić information content (AvgIpc) is 3.27. The van der Waals surface area contributed by atoms with Crippen LogP contribution in [0.2, 0.25) is 0 Å². The van der Waals surface area contributed by atoms with Crippen LogP contribution < -0.4 is 16.8 Å². The van der Waals surface area contributed by atoms with Gasteiger partial charge in [-0.15, -0.1) is 0 Å². The Labute approximate surface area is 193 Å². The SMILES string of the molecule is Cc1noc(-c2c(-c3ccccn3)c(C(C)Nc3ncnc(N)c3N)nc3ccc(F)cc23)n1. The van der Waals surface area contributed by atoms with Gasteiger partial charge < -0.3 is 21.3 Å². The number of hydrogen-bond donors (Lipinski definition) is 3. The van der Waals surface area contributed by atoms with Crippen LogP contribution in [0.3, 0.4) is 0 Å². The number of halogens is 1. The number of anilines is 3. The maximum absolute atomic E-state index is 14.3. The van der Waals surface area contributed by atoms with Gasteiger partial charge in [-0.1, -0.05) is 11.2 Å². The van der Waals surface area contributed by atoms with Crippen LogP contribution in [-0.2, 0) is 0 Å². The average molecular weight is 457 g/mol. The third-order valence-corrected chi connectivity index (χ3v) is 5.32. The molecule has 0 fully saturated rings. The molecule has 0 spiro atoms. The van der Waals surface area contributed by atoms with Gasteiger partial charge in [-0.05, 0) is 44.2 Å². The van der Waals surface area contributed by atoms with E-state index in [1.165, 1.54) is 18.5 Å². The molecule has 5 rings (SSSR count). The van der Waals surface area contributed by atoms with Gasteiger partial charge in [0.05, 0.1) is 28.5 Å². The Bertz CT molecular complexity index is 1500. The number of fused-ring (bicyclic) bond motifs is 1. The number of nitrogens with two attached hydrogens (primary N) is 2. The van der Waals surface area contributed by atoms with Crippen molar-refractivity contribution in [1.29, 1.82) is 0 Å². The summed E-state index contributed by atoms with van der Waals surface area (Å²) in [7, 11) is 0. The van der Waals surface area contributed by atoms with E-state index in [1.54, 1.807) is 25.3 Å². The molecule has 0 bridgehead atoms. The Hall–Kier alpha value is -4.67. The van der Waals surface area contributed by atoms with Gasteiger partial charge in [0.25, 0.3) is 5.89 Å². The molecule has 0 radical (unpaired) electrons. The fraction of sp³-hybridized carbons (Fsp3) is 0.130. The van der Waals surface area contributed by atoms with Crippen LogP contribution >= 0.6 is 0 Å². The van der Waals surface area contributed by atoms with E-state index in [4.69, 9.17) is 21.0 Å². The van der Waals surface area contributed by atoms with Crippen LogP contribution in [-0.4, -0.2) is 30.1 Å². The highest BCUT2D eigenvalue weighted by atomic mass is 19.1. The van der Waals surface area contributed by atoms with Gasteiger partial charge in [0.1, 0.15) is 17.8 Å². The summed E-state index contributed by atoms with van der Waals surface area (Å²) in [5.41, 5.74) is 15.0. The molecule has 34 heavy (non-hydrogen) atoms. The van der Waals surface area contributed by atoms with Crippen LogP contribution in [0, 0.1) is 12.7 Å². The van der Waals surface area contributed by atoms with Gasteiger partial charge in [-0.3, -0.25) is 4.98 Å². The first kappa shape index (κ1) is 21.2. The summed E-state index contributed by atoms with van der Waals surface area (Å²) < 4.78 is 19.9. The zero-order chi connectivity index (χ0) is 23.8. The molecule has 11 heteroatoms. The number of hydrogen-bond acceptors (Lipinski definition) is 10. The van der Waals surface area contributed by atoms with Crippen molar-refractivity contribution < 1.29 is 8.91 Å². The van der Waals surface area contributed by atoms with Gasteiger partial charge in [0.2, 0.25) is 0 Å². The van der Waals surface area contributed by atoms with Crippen molar-refractivity contribution in [2.45, 2.75) is 19.9 Å². The Morgan fingerprint density at radius 2 is 1.88 bits per heavy atom. The lowest BCUT2D eigenvalue weighted by molar-refractivity contribution is 0.426. The minimum Gasteiger partial charge on any atom is -0.393 e. The van der Waals surface area contributed by atoms with Crippen molar-refractivity contribution in [2.24, 2.45) is 0 Å². The zero-order valence-corrected chi connectivity index (χ0v) is 18.3. The molecule has 4 aromatic heterocycles. The Balaban J connectivity index is 1.80. The summed E-state index contributed by atoms with van der Waals surface area (Å²) in [6.45, 7) is 3.61. The zero-order valence-electron chi connectivity index (χ0n) is 18.3. The van der Waals surface area contributed by atoms with Crippen molar-refractivity contribution >= 4 is 28.2 Å². The predicted octanol–water partition coefficient (Wildman–Crippen LogP) is 3.92. The minimum atomic E-state index is -0.425. The molecule has 0 aliphatic carbocycles. The summed E-state index contributed by atoms with van der Waals surface area (Å²) in [6, 6.07) is 9.42. The molecule has 4 heterocycles. The van der Waals surface area contributed by atoms with E-state index >= 15 is 0 Å². The summed E-state index contributed by atoms with van der Waals surface area (Å²) in [5.74, 6) is 0.791. The lowest BCUT2D eigenvalue weighted by Gasteiger charge is -2.21. The van der Waals surface area contributed by atoms with Crippen LogP contribution in [0.25, 0.3) is 33.6 Å². The van der Waals surface area contributed by atoms with E-state index in [9.17, 15) is 4.39 Å². The maximum atomic E-state index is 14.3. The summed E-state index contributed by atoms with van der Waals surface area (Å²) in [5, 5.41) is 7.71. The first-order chi connectivity index (χ1) is 16.4. The van der Waals surface area contributed by atoms with Crippen LogP contribution in [0.5, 0.6) is 0 Å². The molecule has 0 saturated carbocycles. The van der Waals surface area contributed by atoms with Crippen LogP contribution in [0.1, 0.15) is 24.5 Å². The topological polar surface area (TPSA) is 155 Å². The molecule has 0 amide bonds. The Morgan fingerprint density at radius 1 is 1.03 bits per heavy atom. The first-order valence-electron chi connectivity index (χ1n) is 10.4. The number of nitrogen functional groups attached to an aromatic ring is 2. The highest BCUT2D eigenvalue weighted by molar-refractivity contribution is 6.01. The van der Waals surface area contributed by atoms with E-state index < -0.39 is 11.9 Å². The van der Waals surface area contributed by atoms with Crippen molar-refractivity contribution in [1.82, 2.24) is 30.1 Å².